The second-order valence-corrected chi connectivity index (χ2v) is 5.68. The smallest absolute Gasteiger partial charge is 0.339 e. The minimum atomic E-state index is -0.989. The SMILES string of the molecule is Cc1cc(Br)c(NCc2cc(C(=O)O)c(C)o2)cc1Cl. The third-order valence-corrected chi connectivity index (χ3v) is 3.96. The van der Waals surface area contributed by atoms with Crippen molar-refractivity contribution in [3.05, 3.63) is 50.3 Å². The first kappa shape index (κ1) is 14.9. The van der Waals surface area contributed by atoms with E-state index in [1.54, 1.807) is 6.92 Å². The van der Waals surface area contributed by atoms with E-state index in [0.717, 1.165) is 15.7 Å². The molecule has 0 aliphatic rings. The number of benzene rings is 1. The summed E-state index contributed by atoms with van der Waals surface area (Å²) in [6.07, 6.45) is 0. The third kappa shape index (κ3) is 3.16. The molecule has 2 N–H and O–H groups in total. The second kappa shape index (κ2) is 5.89. The Morgan fingerprint density at radius 1 is 1.40 bits per heavy atom. The summed E-state index contributed by atoms with van der Waals surface area (Å²) in [6.45, 7) is 3.93. The Hall–Kier alpha value is -1.46. The highest BCUT2D eigenvalue weighted by molar-refractivity contribution is 9.10. The number of hydrogen-bond acceptors (Lipinski definition) is 3. The van der Waals surface area contributed by atoms with Crippen LogP contribution in [0.1, 0.15) is 27.4 Å². The van der Waals surface area contributed by atoms with Gasteiger partial charge in [-0.2, -0.15) is 0 Å². The van der Waals surface area contributed by atoms with Crippen LogP contribution in [0.2, 0.25) is 5.02 Å². The van der Waals surface area contributed by atoms with Crippen molar-refractivity contribution in [3.63, 3.8) is 0 Å². The van der Waals surface area contributed by atoms with Crippen molar-refractivity contribution >= 4 is 39.2 Å². The van der Waals surface area contributed by atoms with E-state index >= 15 is 0 Å². The normalized spacial score (nSPS) is 10.6. The highest BCUT2D eigenvalue weighted by atomic mass is 79.9. The molecule has 6 heteroatoms. The van der Waals surface area contributed by atoms with Crippen LogP contribution in [0.4, 0.5) is 5.69 Å². The molecule has 20 heavy (non-hydrogen) atoms. The van der Waals surface area contributed by atoms with Crippen LogP contribution in [0.3, 0.4) is 0 Å². The topological polar surface area (TPSA) is 62.5 Å². The van der Waals surface area contributed by atoms with Crippen molar-refractivity contribution in [2.75, 3.05) is 5.32 Å². The van der Waals surface area contributed by atoms with E-state index in [1.807, 2.05) is 19.1 Å². The van der Waals surface area contributed by atoms with Gasteiger partial charge in [-0.05, 0) is 53.5 Å². The molecule has 1 aromatic heterocycles. The first-order chi connectivity index (χ1) is 9.38. The van der Waals surface area contributed by atoms with Gasteiger partial charge in [0.05, 0.1) is 12.2 Å². The molecule has 0 aliphatic heterocycles. The standard InChI is InChI=1S/C14H13BrClNO3/c1-7-3-11(15)13(5-12(7)16)17-6-9-4-10(14(18)19)8(2)20-9/h3-5,17H,6H2,1-2H3,(H,18,19). The summed E-state index contributed by atoms with van der Waals surface area (Å²) < 4.78 is 6.29. The number of carboxylic acid groups (broad SMARTS) is 1. The van der Waals surface area contributed by atoms with Crippen molar-refractivity contribution in [1.82, 2.24) is 0 Å². The fourth-order valence-electron chi connectivity index (χ4n) is 1.81. The number of halogens is 2. The Balaban J connectivity index is 2.15. The van der Waals surface area contributed by atoms with Crippen LogP contribution in [0.25, 0.3) is 0 Å². The van der Waals surface area contributed by atoms with Gasteiger partial charge in [0, 0.05) is 9.50 Å². The molecule has 0 fully saturated rings. The first-order valence-electron chi connectivity index (χ1n) is 5.90. The molecule has 1 heterocycles. The molecule has 2 aromatic rings. The van der Waals surface area contributed by atoms with Gasteiger partial charge in [0.15, 0.2) is 0 Å². The fourth-order valence-corrected chi connectivity index (χ4v) is 2.57. The lowest BCUT2D eigenvalue weighted by Crippen LogP contribution is -2.00. The molecule has 0 unspecified atom stereocenters. The summed E-state index contributed by atoms with van der Waals surface area (Å²) in [5, 5.41) is 12.8. The lowest BCUT2D eigenvalue weighted by atomic mass is 10.2. The van der Waals surface area contributed by atoms with Gasteiger partial charge in [0.1, 0.15) is 17.1 Å². The van der Waals surface area contributed by atoms with Crippen molar-refractivity contribution < 1.29 is 14.3 Å². The zero-order valence-corrected chi connectivity index (χ0v) is 13.3. The highest BCUT2D eigenvalue weighted by Gasteiger charge is 2.13. The largest absolute Gasteiger partial charge is 0.478 e. The molecule has 2 rings (SSSR count). The van der Waals surface area contributed by atoms with E-state index in [4.69, 9.17) is 21.1 Å². The van der Waals surface area contributed by atoms with Gasteiger partial charge in [-0.25, -0.2) is 4.79 Å². The van der Waals surface area contributed by atoms with Crippen LogP contribution in [0.5, 0.6) is 0 Å². The maximum absolute atomic E-state index is 10.9. The van der Waals surface area contributed by atoms with Crippen LogP contribution in [0.15, 0.2) is 27.1 Å². The number of anilines is 1. The van der Waals surface area contributed by atoms with E-state index in [-0.39, 0.29) is 5.56 Å². The Morgan fingerprint density at radius 2 is 2.10 bits per heavy atom. The van der Waals surface area contributed by atoms with Crippen molar-refractivity contribution in [1.29, 1.82) is 0 Å². The summed E-state index contributed by atoms with van der Waals surface area (Å²) in [6, 6.07) is 5.25. The zero-order valence-electron chi connectivity index (χ0n) is 11.0. The lowest BCUT2D eigenvalue weighted by molar-refractivity contribution is 0.0695. The Kier molecular flexibility index (Phi) is 4.40. The number of carboxylic acids is 1. The molecule has 0 saturated heterocycles. The summed E-state index contributed by atoms with van der Waals surface area (Å²) in [7, 11) is 0. The van der Waals surface area contributed by atoms with Crippen LogP contribution >= 0.6 is 27.5 Å². The first-order valence-corrected chi connectivity index (χ1v) is 7.07. The van der Waals surface area contributed by atoms with Gasteiger partial charge in [-0.3, -0.25) is 0 Å². The van der Waals surface area contributed by atoms with Gasteiger partial charge in [0.2, 0.25) is 0 Å². The Bertz CT molecular complexity index is 667. The number of rotatable bonds is 4. The van der Waals surface area contributed by atoms with Crippen molar-refractivity contribution in [2.45, 2.75) is 20.4 Å². The summed E-state index contributed by atoms with van der Waals surface area (Å²) in [5.41, 5.74) is 1.99. The molecule has 0 saturated carbocycles. The number of hydrogen-bond donors (Lipinski definition) is 2. The van der Waals surface area contributed by atoms with Crippen molar-refractivity contribution in [3.8, 4) is 0 Å². The molecule has 0 atom stereocenters. The van der Waals surface area contributed by atoms with Crippen LogP contribution in [0, 0.1) is 13.8 Å². The third-order valence-electron chi connectivity index (χ3n) is 2.90. The highest BCUT2D eigenvalue weighted by Crippen LogP contribution is 2.29. The molecule has 0 amide bonds. The average Bonchev–Trinajstić information content (AvgIpc) is 2.74. The average molecular weight is 359 g/mol. The molecule has 0 radical (unpaired) electrons. The molecular formula is C14H13BrClNO3. The monoisotopic (exact) mass is 357 g/mol. The van der Waals surface area contributed by atoms with E-state index in [2.05, 4.69) is 21.2 Å². The van der Waals surface area contributed by atoms with E-state index < -0.39 is 5.97 Å². The molecule has 0 bridgehead atoms. The van der Waals surface area contributed by atoms with Crippen LogP contribution in [-0.2, 0) is 6.54 Å². The van der Waals surface area contributed by atoms with E-state index in [0.29, 0.717) is 23.1 Å². The van der Waals surface area contributed by atoms with Crippen LogP contribution < -0.4 is 5.32 Å². The van der Waals surface area contributed by atoms with E-state index in [9.17, 15) is 4.79 Å². The number of carbonyl (C=O) groups is 1. The predicted octanol–water partition coefficient (Wildman–Crippen LogP) is 4.62. The van der Waals surface area contributed by atoms with Gasteiger partial charge in [0.25, 0.3) is 0 Å². The zero-order chi connectivity index (χ0) is 14.9. The summed E-state index contributed by atoms with van der Waals surface area (Å²) in [5.74, 6) is -0.0316. The fraction of sp³-hybridized carbons (Fsp3) is 0.214. The summed E-state index contributed by atoms with van der Waals surface area (Å²) >= 11 is 9.53. The molecule has 1 aromatic carbocycles. The minimum absolute atomic E-state index is 0.183. The Labute approximate surface area is 129 Å². The molecule has 4 nitrogen and oxygen atoms in total. The number of aryl methyl sites for hydroxylation is 2. The maximum atomic E-state index is 10.9. The molecular weight excluding hydrogens is 346 g/mol. The summed E-state index contributed by atoms with van der Waals surface area (Å²) in [4.78, 5) is 10.9. The van der Waals surface area contributed by atoms with Gasteiger partial charge in [-0.1, -0.05) is 11.6 Å². The maximum Gasteiger partial charge on any atom is 0.339 e. The number of nitrogens with one attached hydrogen (secondary N) is 1. The molecule has 106 valence electrons. The molecule has 0 aliphatic carbocycles. The second-order valence-electron chi connectivity index (χ2n) is 4.42. The van der Waals surface area contributed by atoms with Gasteiger partial charge in [-0.15, -0.1) is 0 Å². The van der Waals surface area contributed by atoms with Crippen molar-refractivity contribution in [2.24, 2.45) is 0 Å². The Morgan fingerprint density at radius 3 is 2.70 bits per heavy atom. The predicted molar refractivity (Wildman–Crippen MR) is 81.6 cm³/mol. The molecule has 0 spiro atoms. The minimum Gasteiger partial charge on any atom is -0.478 e. The van der Waals surface area contributed by atoms with Gasteiger partial charge >= 0.3 is 5.97 Å². The quantitative estimate of drug-likeness (QED) is 0.837. The van der Waals surface area contributed by atoms with E-state index in [1.165, 1.54) is 6.07 Å². The number of aromatic carboxylic acids is 1. The lowest BCUT2D eigenvalue weighted by Gasteiger charge is -2.09. The number of furan rings is 1. The van der Waals surface area contributed by atoms with Crippen LogP contribution in [-0.4, -0.2) is 11.1 Å². The van der Waals surface area contributed by atoms with Gasteiger partial charge < -0.3 is 14.8 Å².